The fourth-order valence-corrected chi connectivity index (χ4v) is 3.34. The van der Waals surface area contributed by atoms with Crippen LogP contribution in [-0.2, 0) is 0 Å². The minimum Gasteiger partial charge on any atom is -0.493 e. The summed E-state index contributed by atoms with van der Waals surface area (Å²) in [6.07, 6.45) is 2.59. The second kappa shape index (κ2) is 8.44. The Bertz CT molecular complexity index is 1030. The number of methoxy groups -OCH3 is 1. The van der Waals surface area contributed by atoms with Crippen LogP contribution in [0.3, 0.4) is 0 Å². The van der Waals surface area contributed by atoms with E-state index in [1.807, 2.05) is 0 Å². The highest BCUT2D eigenvalue weighted by atomic mass is 19.1. The number of carbonyl (C=O) groups excluding carboxylic acids is 1. The highest BCUT2D eigenvalue weighted by Gasteiger charge is 2.35. The summed E-state index contributed by atoms with van der Waals surface area (Å²) in [4.78, 5) is 19.4. The summed E-state index contributed by atoms with van der Waals surface area (Å²) in [7, 11) is 1.34. The number of pyridine rings is 1. The zero-order chi connectivity index (χ0) is 21.1. The predicted octanol–water partition coefficient (Wildman–Crippen LogP) is 2.79. The molecule has 4 rings (SSSR count). The largest absolute Gasteiger partial charge is 0.493 e. The number of piperidine rings is 1. The maximum absolute atomic E-state index is 14.7. The molecule has 0 bridgehead atoms. The Morgan fingerprint density at radius 1 is 1.13 bits per heavy atom. The van der Waals surface area contributed by atoms with E-state index in [0.717, 1.165) is 4.90 Å². The van der Waals surface area contributed by atoms with Crippen LogP contribution >= 0.6 is 0 Å². The van der Waals surface area contributed by atoms with Gasteiger partial charge in [0, 0.05) is 18.7 Å². The van der Waals surface area contributed by atoms with Crippen molar-refractivity contribution in [3.8, 4) is 17.3 Å². The molecule has 3 aromatic rings. The molecule has 30 heavy (non-hydrogen) atoms. The van der Waals surface area contributed by atoms with Gasteiger partial charge in [-0.3, -0.25) is 4.79 Å². The molecule has 10 heteroatoms. The Labute approximate surface area is 171 Å². The van der Waals surface area contributed by atoms with Gasteiger partial charge in [-0.1, -0.05) is 12.1 Å². The van der Waals surface area contributed by atoms with E-state index < -0.39 is 24.1 Å². The molecule has 3 heterocycles. The zero-order valence-corrected chi connectivity index (χ0v) is 16.1. The molecule has 0 saturated carbocycles. The van der Waals surface area contributed by atoms with Crippen molar-refractivity contribution in [3.63, 3.8) is 0 Å². The Hall–Kier alpha value is -3.56. The minimum absolute atomic E-state index is 0.00670. The highest BCUT2D eigenvalue weighted by molar-refractivity contribution is 5.97. The number of hydrogen-bond donors (Lipinski definition) is 0. The number of likely N-dealkylation sites (tertiary alicyclic amines) is 1. The summed E-state index contributed by atoms with van der Waals surface area (Å²) >= 11 is 0. The van der Waals surface area contributed by atoms with Crippen LogP contribution in [0.25, 0.3) is 5.69 Å². The van der Waals surface area contributed by atoms with Crippen molar-refractivity contribution in [2.75, 3.05) is 13.7 Å². The van der Waals surface area contributed by atoms with Gasteiger partial charge in [0.05, 0.1) is 37.3 Å². The first-order chi connectivity index (χ1) is 14.6. The molecule has 0 N–H and O–H groups in total. The molecule has 1 aliphatic rings. The predicted molar refractivity (Wildman–Crippen MR) is 102 cm³/mol. The lowest BCUT2D eigenvalue weighted by atomic mass is 10.0. The third kappa shape index (κ3) is 3.80. The quantitative estimate of drug-likeness (QED) is 0.596. The number of hydrogen-bond acceptors (Lipinski definition) is 6. The van der Waals surface area contributed by atoms with Crippen LogP contribution in [0.2, 0.25) is 0 Å². The fraction of sp³-hybridized carbons (Fsp3) is 0.300. The van der Waals surface area contributed by atoms with Crippen molar-refractivity contribution in [1.82, 2.24) is 24.9 Å². The van der Waals surface area contributed by atoms with Gasteiger partial charge < -0.3 is 14.4 Å². The summed E-state index contributed by atoms with van der Waals surface area (Å²) in [6.45, 7) is -0.0563. The SMILES string of the molecule is COc1ccnc(OC2CC[C@@H](F)N(C(=O)c3ccccc3-n3nccn3)C2)c1F. The summed E-state index contributed by atoms with van der Waals surface area (Å²) in [5.41, 5.74) is 0.686. The summed E-state index contributed by atoms with van der Waals surface area (Å²) < 4.78 is 39.6. The first-order valence-electron chi connectivity index (χ1n) is 9.34. The maximum Gasteiger partial charge on any atom is 0.258 e. The van der Waals surface area contributed by atoms with Gasteiger partial charge in [0.15, 0.2) is 12.0 Å². The van der Waals surface area contributed by atoms with Gasteiger partial charge in [0.2, 0.25) is 5.82 Å². The number of carbonyl (C=O) groups is 1. The molecular formula is C20H19F2N5O3. The van der Waals surface area contributed by atoms with Gasteiger partial charge in [-0.2, -0.15) is 19.4 Å². The second-order valence-electron chi connectivity index (χ2n) is 6.68. The van der Waals surface area contributed by atoms with E-state index in [4.69, 9.17) is 9.47 Å². The fourth-order valence-electron chi connectivity index (χ4n) is 3.34. The van der Waals surface area contributed by atoms with Gasteiger partial charge in [-0.15, -0.1) is 0 Å². The normalized spacial score (nSPS) is 18.8. The van der Waals surface area contributed by atoms with Gasteiger partial charge in [-0.05, 0) is 18.6 Å². The van der Waals surface area contributed by atoms with Crippen LogP contribution in [0, 0.1) is 5.82 Å². The van der Waals surface area contributed by atoms with Crippen LogP contribution in [0.1, 0.15) is 23.2 Å². The van der Waals surface area contributed by atoms with E-state index in [1.54, 1.807) is 24.3 Å². The van der Waals surface area contributed by atoms with E-state index in [0.29, 0.717) is 12.1 Å². The van der Waals surface area contributed by atoms with Crippen LogP contribution < -0.4 is 9.47 Å². The molecule has 1 saturated heterocycles. The molecule has 1 aliphatic heterocycles. The average Bonchev–Trinajstić information content (AvgIpc) is 3.31. The smallest absolute Gasteiger partial charge is 0.258 e. The zero-order valence-electron chi connectivity index (χ0n) is 16.1. The van der Waals surface area contributed by atoms with Crippen molar-refractivity contribution in [1.29, 1.82) is 0 Å². The average molecular weight is 415 g/mol. The van der Waals surface area contributed by atoms with E-state index >= 15 is 0 Å². The molecule has 2 atom stereocenters. The molecule has 8 nitrogen and oxygen atoms in total. The van der Waals surface area contributed by atoms with E-state index in [1.165, 1.54) is 36.6 Å². The topological polar surface area (TPSA) is 82.4 Å². The number of alkyl halides is 1. The first kappa shape index (κ1) is 19.7. The second-order valence-corrected chi connectivity index (χ2v) is 6.68. The maximum atomic E-state index is 14.7. The molecule has 1 unspecified atom stereocenters. The molecule has 0 radical (unpaired) electrons. The number of aromatic nitrogens is 4. The number of amides is 1. The van der Waals surface area contributed by atoms with Gasteiger partial charge >= 0.3 is 0 Å². The Kier molecular flexibility index (Phi) is 5.55. The van der Waals surface area contributed by atoms with E-state index in [9.17, 15) is 13.6 Å². The first-order valence-corrected chi connectivity index (χ1v) is 9.34. The van der Waals surface area contributed by atoms with E-state index in [2.05, 4.69) is 15.2 Å². The Balaban J connectivity index is 1.56. The lowest BCUT2D eigenvalue weighted by molar-refractivity contribution is -0.00391. The van der Waals surface area contributed by atoms with Gasteiger partial charge in [0.25, 0.3) is 11.8 Å². The summed E-state index contributed by atoms with van der Waals surface area (Å²) in [5.74, 6) is -1.52. The van der Waals surface area contributed by atoms with Gasteiger partial charge in [-0.25, -0.2) is 9.37 Å². The summed E-state index contributed by atoms with van der Waals surface area (Å²) in [5, 5.41) is 8.09. The lowest BCUT2D eigenvalue weighted by Gasteiger charge is -2.35. The van der Waals surface area contributed by atoms with Crippen molar-refractivity contribution in [3.05, 3.63) is 60.3 Å². The Morgan fingerprint density at radius 2 is 1.90 bits per heavy atom. The van der Waals surface area contributed by atoms with Crippen molar-refractivity contribution >= 4 is 5.91 Å². The van der Waals surface area contributed by atoms with Crippen LogP contribution in [0.5, 0.6) is 11.6 Å². The Morgan fingerprint density at radius 3 is 2.67 bits per heavy atom. The van der Waals surface area contributed by atoms with Crippen molar-refractivity contribution in [2.45, 2.75) is 25.2 Å². The van der Waals surface area contributed by atoms with E-state index in [-0.39, 0.29) is 30.2 Å². The molecule has 1 amide bonds. The van der Waals surface area contributed by atoms with Gasteiger partial charge in [0.1, 0.15) is 6.10 Å². The van der Waals surface area contributed by atoms with Crippen LogP contribution in [-0.4, -0.2) is 56.8 Å². The third-order valence-electron chi connectivity index (χ3n) is 4.81. The lowest BCUT2D eigenvalue weighted by Crippen LogP contribution is -2.49. The molecule has 2 aromatic heterocycles. The molecule has 1 aromatic carbocycles. The number of nitrogens with zero attached hydrogens (tertiary/aromatic N) is 5. The monoisotopic (exact) mass is 415 g/mol. The highest BCUT2D eigenvalue weighted by Crippen LogP contribution is 2.28. The molecule has 1 fully saturated rings. The van der Waals surface area contributed by atoms with Crippen LogP contribution in [0.4, 0.5) is 8.78 Å². The number of rotatable bonds is 5. The molecular weight excluding hydrogens is 396 g/mol. The number of halogens is 2. The van der Waals surface area contributed by atoms with Crippen LogP contribution in [0.15, 0.2) is 48.9 Å². The molecule has 0 spiro atoms. The summed E-state index contributed by atoms with van der Waals surface area (Å²) in [6, 6.07) is 8.05. The molecule has 156 valence electrons. The standard InChI is InChI=1S/C20H19F2N5O3/c1-29-16-8-9-23-19(18(16)22)30-13-6-7-17(21)26(12-13)20(28)14-4-2-3-5-15(14)27-24-10-11-25-27/h2-5,8-11,13,17H,6-7,12H2,1H3/t13?,17-/m0/s1. The van der Waals surface area contributed by atoms with Crippen molar-refractivity contribution in [2.24, 2.45) is 0 Å². The third-order valence-corrected chi connectivity index (χ3v) is 4.81. The number of ether oxygens (including phenoxy) is 2. The van der Waals surface area contributed by atoms with Crippen molar-refractivity contribution < 1.29 is 23.0 Å². The number of para-hydroxylation sites is 1. The molecule has 0 aliphatic carbocycles. The minimum atomic E-state index is -1.49. The number of benzene rings is 1.